The van der Waals surface area contributed by atoms with E-state index in [1.54, 1.807) is 17.2 Å². The number of anilines is 1. The number of esters is 1. The molecule has 4 rings (SSSR count). The van der Waals surface area contributed by atoms with Gasteiger partial charge in [-0.3, -0.25) is 4.99 Å². The Morgan fingerprint density at radius 1 is 1.10 bits per heavy atom. The number of carbonyl (C=O) groups is 2. The molecular formula is C27H44N2O11U. The summed E-state index contributed by atoms with van der Waals surface area (Å²) in [6, 6.07) is 2.17. The zero-order valence-corrected chi connectivity index (χ0v) is 27.2. The summed E-state index contributed by atoms with van der Waals surface area (Å²) >= 11 is 0. The maximum atomic E-state index is 12.1. The Hall–Kier alpha value is -2.44. The van der Waals surface area contributed by atoms with Gasteiger partial charge in [0.25, 0.3) is 0 Å². The fourth-order valence-electron chi connectivity index (χ4n) is 3.83. The van der Waals surface area contributed by atoms with Gasteiger partial charge in [-0.2, -0.15) is 0 Å². The standard InChI is InChI=1S/C18H18N2O6.C5H10O3.C2H6.CH4O.CH4.H2O.U/c1-26-18(25)14-7-11-8-15(21)16(22)9-13(11)20(14)5-3-10-2-4-19-12(6-10)17(23)24;6-4-1-5(7)3-8-2-4;2*1-2;;;/h3,5-6,8-9,14,21-22H,2,4,7H2,1H3,(H,23,24);4-7H,1-3H2;1-2H3;2H,1H3;1H4;1H2;/b5-3+;;;;;;/t14-;4-,5+;;;;;/m0....../s1. The third kappa shape index (κ3) is 13.0. The number of fused-ring (bicyclic) bond motifs is 1. The van der Waals surface area contributed by atoms with Gasteiger partial charge in [0.15, 0.2) is 11.5 Å². The van der Waals surface area contributed by atoms with Crippen molar-refractivity contribution >= 4 is 23.3 Å². The number of aliphatic hydroxyl groups excluding tert-OH is 3. The van der Waals surface area contributed by atoms with Gasteiger partial charge in [0.1, 0.15) is 11.8 Å². The third-order valence-corrected chi connectivity index (χ3v) is 5.51. The van der Waals surface area contributed by atoms with Crippen molar-refractivity contribution in [1.29, 1.82) is 0 Å². The number of carbonyl (C=O) groups excluding carboxylic acids is 1. The van der Waals surface area contributed by atoms with Crippen molar-refractivity contribution < 1.29 is 86.3 Å². The molecule has 1 saturated heterocycles. The number of hydrogen-bond donors (Lipinski definition) is 6. The zero-order valence-electron chi connectivity index (χ0n) is 23.1. The first-order valence-corrected chi connectivity index (χ1v) is 12.2. The van der Waals surface area contributed by atoms with Crippen LogP contribution in [0.15, 0.2) is 41.1 Å². The number of methoxy groups -OCH3 is 1. The van der Waals surface area contributed by atoms with Crippen LogP contribution in [0.1, 0.15) is 39.7 Å². The minimum atomic E-state index is -1.09. The SMILES string of the molecule is C.CC.CO.COC(=O)[C@@H]1Cc2cc(O)c(O)cc2N1/C=C/C1=CC(C(=O)O)=NCC1.O.O[C@@H]1COC[C@H](O)C1.[U]. The molecule has 0 unspecified atom stereocenters. The Balaban J connectivity index is -0.000000821. The smallest absolute Gasteiger partial charge is 0.354 e. The number of aromatic hydroxyl groups is 2. The topological polar surface area (TPSA) is 221 Å². The van der Waals surface area contributed by atoms with Gasteiger partial charge in [-0.05, 0) is 35.8 Å². The number of carboxylic acid groups (broad SMARTS) is 1. The van der Waals surface area contributed by atoms with Gasteiger partial charge in [0.2, 0.25) is 0 Å². The van der Waals surface area contributed by atoms with Gasteiger partial charge < -0.3 is 50.5 Å². The molecule has 0 aromatic heterocycles. The molecule has 1 aromatic rings. The summed E-state index contributed by atoms with van der Waals surface area (Å²) in [6.07, 6.45) is 5.30. The van der Waals surface area contributed by atoms with Crippen LogP contribution in [0.5, 0.6) is 11.5 Å². The number of dihydropyridines is 1. The van der Waals surface area contributed by atoms with E-state index in [2.05, 4.69) is 4.99 Å². The molecule has 13 nitrogen and oxygen atoms in total. The van der Waals surface area contributed by atoms with E-state index >= 15 is 0 Å². The monoisotopic (exact) mass is 810 g/mol. The zero-order chi connectivity index (χ0) is 28.8. The molecule has 8 N–H and O–H groups in total. The molecular weight excluding hydrogens is 766 g/mol. The molecule has 232 valence electrons. The van der Waals surface area contributed by atoms with Crippen molar-refractivity contribution in [2.75, 3.05) is 38.9 Å². The number of aliphatic imine (C=N–C) groups is 1. The molecule has 0 amide bonds. The predicted molar refractivity (Wildman–Crippen MR) is 151 cm³/mol. The van der Waals surface area contributed by atoms with Crippen LogP contribution in [0.3, 0.4) is 0 Å². The molecule has 0 aliphatic carbocycles. The molecule has 0 saturated carbocycles. The Kier molecular flexibility index (Phi) is 23.3. The molecule has 14 heteroatoms. The van der Waals surface area contributed by atoms with Crippen molar-refractivity contribution in [2.45, 2.75) is 58.8 Å². The molecule has 0 bridgehead atoms. The number of aliphatic hydroxyl groups is 3. The van der Waals surface area contributed by atoms with Crippen LogP contribution >= 0.6 is 0 Å². The van der Waals surface area contributed by atoms with E-state index in [0.717, 1.165) is 12.7 Å². The van der Waals surface area contributed by atoms with Crippen molar-refractivity contribution in [3.05, 3.63) is 41.6 Å². The van der Waals surface area contributed by atoms with E-state index in [4.69, 9.17) is 29.9 Å². The summed E-state index contributed by atoms with van der Waals surface area (Å²) in [6.45, 7) is 5.12. The van der Waals surface area contributed by atoms with Crippen LogP contribution in [0.2, 0.25) is 0 Å². The van der Waals surface area contributed by atoms with Crippen molar-refractivity contribution in [2.24, 2.45) is 4.99 Å². The fraction of sp³-hybridized carbons (Fsp3) is 0.519. The fourth-order valence-corrected chi connectivity index (χ4v) is 3.83. The number of carboxylic acids is 1. The second kappa shape index (κ2) is 22.2. The minimum absolute atomic E-state index is 0. The largest absolute Gasteiger partial charge is 0.504 e. The Labute approximate surface area is 264 Å². The molecule has 0 radical (unpaired) electrons. The van der Waals surface area contributed by atoms with E-state index in [1.807, 2.05) is 13.8 Å². The van der Waals surface area contributed by atoms with Crippen LogP contribution in [-0.4, -0.2) is 106 Å². The van der Waals surface area contributed by atoms with E-state index in [9.17, 15) is 19.8 Å². The van der Waals surface area contributed by atoms with E-state index in [-0.39, 0.29) is 61.2 Å². The van der Waals surface area contributed by atoms with Crippen LogP contribution in [0.4, 0.5) is 5.69 Å². The van der Waals surface area contributed by atoms with Gasteiger partial charge in [-0.1, -0.05) is 21.3 Å². The number of hydrogen-bond acceptors (Lipinski definition) is 11. The van der Waals surface area contributed by atoms with Crippen LogP contribution < -0.4 is 4.90 Å². The quantitative estimate of drug-likeness (QED) is 0.186. The van der Waals surface area contributed by atoms with E-state index < -0.39 is 30.2 Å². The van der Waals surface area contributed by atoms with Crippen molar-refractivity contribution in [1.82, 2.24) is 0 Å². The first kappa shape index (κ1) is 43.0. The number of allylic oxidation sites excluding steroid dienone is 1. The second-order valence-corrected chi connectivity index (χ2v) is 8.06. The molecule has 1 fully saturated rings. The molecule has 3 aliphatic heterocycles. The Morgan fingerprint density at radius 2 is 1.66 bits per heavy atom. The van der Waals surface area contributed by atoms with Gasteiger partial charge in [0, 0.05) is 75.6 Å². The molecule has 41 heavy (non-hydrogen) atoms. The molecule has 0 spiro atoms. The van der Waals surface area contributed by atoms with E-state index in [0.29, 0.717) is 50.3 Å². The first-order valence-electron chi connectivity index (χ1n) is 12.2. The molecule has 1 aromatic carbocycles. The maximum Gasteiger partial charge on any atom is 0.354 e. The van der Waals surface area contributed by atoms with E-state index in [1.165, 1.54) is 25.3 Å². The number of rotatable bonds is 4. The van der Waals surface area contributed by atoms with Gasteiger partial charge in [-0.25, -0.2) is 9.59 Å². The average molecular weight is 811 g/mol. The Morgan fingerprint density at radius 3 is 2.15 bits per heavy atom. The first-order chi connectivity index (χ1) is 18.2. The number of aliphatic carboxylic acids is 1. The molecule has 3 heterocycles. The van der Waals surface area contributed by atoms with Crippen LogP contribution in [0.25, 0.3) is 0 Å². The summed E-state index contributed by atoms with van der Waals surface area (Å²) in [7, 11) is 2.29. The second-order valence-electron chi connectivity index (χ2n) is 8.06. The van der Waals surface area contributed by atoms with Gasteiger partial charge in [-0.15, -0.1) is 0 Å². The van der Waals surface area contributed by atoms with Crippen LogP contribution in [0, 0.1) is 31.1 Å². The normalized spacial score (nSPS) is 20.2. The summed E-state index contributed by atoms with van der Waals surface area (Å²) < 4.78 is 9.64. The molecule has 3 aliphatic rings. The number of ether oxygens (including phenoxy) is 2. The molecule has 3 atom stereocenters. The maximum absolute atomic E-state index is 12.1. The number of phenols is 2. The number of nitrogens with zero attached hydrogens (tertiary/aromatic N) is 2. The van der Waals surface area contributed by atoms with Crippen LogP contribution in [-0.2, 0) is 25.5 Å². The summed E-state index contributed by atoms with van der Waals surface area (Å²) in [5, 5.41) is 53.1. The number of benzene rings is 1. The van der Waals surface area contributed by atoms with Gasteiger partial charge >= 0.3 is 11.9 Å². The Bertz CT molecular complexity index is 1020. The predicted octanol–water partition coefficient (Wildman–Crippen LogP) is 0.946. The minimum Gasteiger partial charge on any atom is -0.504 e. The summed E-state index contributed by atoms with van der Waals surface area (Å²) in [5.41, 5.74) is 2.03. The average Bonchev–Trinajstić information content (AvgIpc) is 3.27. The third-order valence-electron chi connectivity index (χ3n) is 5.51. The summed E-state index contributed by atoms with van der Waals surface area (Å²) in [5.74, 6) is -2.08. The van der Waals surface area contributed by atoms with Gasteiger partial charge in [0.05, 0.1) is 32.5 Å². The van der Waals surface area contributed by atoms with Crippen molar-refractivity contribution in [3.8, 4) is 11.5 Å². The summed E-state index contributed by atoms with van der Waals surface area (Å²) in [4.78, 5) is 28.7. The number of phenolic OH excluding ortho intramolecular Hbond substituents is 2. The van der Waals surface area contributed by atoms with Crippen molar-refractivity contribution in [3.63, 3.8) is 0 Å².